The lowest BCUT2D eigenvalue weighted by Gasteiger charge is -2.28. The van der Waals surface area contributed by atoms with Gasteiger partial charge in [0.1, 0.15) is 0 Å². The zero-order valence-corrected chi connectivity index (χ0v) is 30.1. The number of nitrogens with zero attached hydrogens (tertiary/aromatic N) is 1. The summed E-state index contributed by atoms with van der Waals surface area (Å²) in [5.41, 5.74) is 18.0. The minimum Gasteiger partial charge on any atom is -0.358 e. The van der Waals surface area contributed by atoms with Crippen molar-refractivity contribution in [3.8, 4) is 11.1 Å². The summed E-state index contributed by atoms with van der Waals surface area (Å²) in [6.45, 7) is 4.80. The van der Waals surface area contributed by atoms with Crippen molar-refractivity contribution in [3.63, 3.8) is 0 Å². The van der Waals surface area contributed by atoms with E-state index in [9.17, 15) is 0 Å². The highest BCUT2D eigenvalue weighted by atomic mass is 15.1. The summed E-state index contributed by atoms with van der Waals surface area (Å²) in [4.78, 5) is 2.37. The molecule has 1 aliphatic heterocycles. The van der Waals surface area contributed by atoms with Gasteiger partial charge in [0.05, 0.1) is 11.4 Å². The lowest BCUT2D eigenvalue weighted by molar-refractivity contribution is 0.642. The SMILES string of the molecule is CC1(C)C2=C(CC3C(=C2)NC(c2ccccc2)=C3c2ccccc2)c2ccc(-c3ccc(N(c4ccccc4)c4cccc5ccccc45)cc3)cc21. The summed E-state index contributed by atoms with van der Waals surface area (Å²) in [6, 6.07) is 63.9. The molecule has 2 aliphatic carbocycles. The molecule has 0 spiro atoms. The molecule has 1 atom stereocenters. The van der Waals surface area contributed by atoms with Crippen LogP contribution in [0.25, 0.3) is 38.7 Å². The van der Waals surface area contributed by atoms with Crippen molar-refractivity contribution in [1.82, 2.24) is 5.32 Å². The maximum absolute atomic E-state index is 3.92. The van der Waals surface area contributed by atoms with Crippen LogP contribution in [0.1, 0.15) is 42.5 Å². The Kier molecular flexibility index (Phi) is 7.33. The maximum atomic E-state index is 3.92. The van der Waals surface area contributed by atoms with Crippen LogP contribution in [0.15, 0.2) is 193 Å². The van der Waals surface area contributed by atoms with Crippen LogP contribution in [0.2, 0.25) is 0 Å². The van der Waals surface area contributed by atoms with Crippen molar-refractivity contribution in [1.29, 1.82) is 0 Å². The van der Waals surface area contributed by atoms with E-state index in [2.05, 4.69) is 206 Å². The van der Waals surface area contributed by atoms with Crippen LogP contribution in [0.3, 0.4) is 0 Å². The number of allylic oxidation sites excluding steroid dienone is 4. The fourth-order valence-electron chi connectivity index (χ4n) is 9.00. The lowest BCUT2D eigenvalue weighted by atomic mass is 9.76. The first-order valence-corrected chi connectivity index (χ1v) is 18.7. The molecule has 10 rings (SSSR count). The molecule has 7 aromatic rings. The van der Waals surface area contributed by atoms with Crippen LogP contribution in [0.5, 0.6) is 0 Å². The first kappa shape index (κ1) is 31.4. The van der Waals surface area contributed by atoms with Crippen molar-refractivity contribution in [2.75, 3.05) is 4.90 Å². The normalized spacial score (nSPS) is 16.9. The summed E-state index contributed by atoms with van der Waals surface area (Å²) in [5, 5.41) is 6.39. The molecule has 0 bridgehead atoms. The van der Waals surface area contributed by atoms with Crippen LogP contribution in [0, 0.1) is 5.92 Å². The zero-order chi connectivity index (χ0) is 35.5. The molecule has 0 aromatic heterocycles. The van der Waals surface area contributed by atoms with E-state index in [1.165, 1.54) is 78.0 Å². The number of benzene rings is 7. The third-order valence-electron chi connectivity index (χ3n) is 11.6. The van der Waals surface area contributed by atoms with E-state index in [0.29, 0.717) is 0 Å². The second kappa shape index (κ2) is 12.4. The van der Waals surface area contributed by atoms with Gasteiger partial charge in [0.2, 0.25) is 0 Å². The molecule has 0 amide bonds. The molecule has 1 unspecified atom stereocenters. The van der Waals surface area contributed by atoms with E-state index in [1.54, 1.807) is 0 Å². The summed E-state index contributed by atoms with van der Waals surface area (Å²) in [7, 11) is 0. The van der Waals surface area contributed by atoms with Crippen molar-refractivity contribution < 1.29 is 0 Å². The van der Waals surface area contributed by atoms with Gasteiger partial charge in [-0.25, -0.2) is 0 Å². The van der Waals surface area contributed by atoms with Gasteiger partial charge in [0.25, 0.3) is 0 Å². The third kappa shape index (κ3) is 5.17. The Morgan fingerprint density at radius 1 is 0.566 bits per heavy atom. The average Bonchev–Trinajstić information content (AvgIpc) is 3.70. The third-order valence-corrected chi connectivity index (χ3v) is 11.6. The average molecular weight is 681 g/mol. The van der Waals surface area contributed by atoms with Gasteiger partial charge in [-0.3, -0.25) is 0 Å². The van der Waals surface area contributed by atoms with Gasteiger partial charge in [-0.2, -0.15) is 0 Å². The van der Waals surface area contributed by atoms with Gasteiger partial charge < -0.3 is 10.2 Å². The Morgan fingerprint density at radius 3 is 1.94 bits per heavy atom. The Morgan fingerprint density at radius 2 is 1.19 bits per heavy atom. The number of hydrogen-bond acceptors (Lipinski definition) is 2. The first-order chi connectivity index (χ1) is 26.0. The van der Waals surface area contributed by atoms with Crippen molar-refractivity contribution in [3.05, 3.63) is 216 Å². The van der Waals surface area contributed by atoms with Gasteiger partial charge in [-0.15, -0.1) is 0 Å². The molecule has 254 valence electrons. The zero-order valence-electron chi connectivity index (χ0n) is 30.1. The summed E-state index contributed by atoms with van der Waals surface area (Å²) in [5.74, 6) is 0.287. The Bertz CT molecular complexity index is 2600. The Balaban J connectivity index is 1.00. The van der Waals surface area contributed by atoms with Crippen molar-refractivity contribution >= 4 is 44.7 Å². The minimum atomic E-state index is -0.110. The van der Waals surface area contributed by atoms with Crippen molar-refractivity contribution in [2.45, 2.75) is 25.7 Å². The minimum absolute atomic E-state index is 0.110. The van der Waals surface area contributed by atoms with Crippen LogP contribution in [-0.4, -0.2) is 0 Å². The molecule has 53 heavy (non-hydrogen) atoms. The fraction of sp³-hybridized carbons (Fsp3) is 0.0980. The lowest BCUT2D eigenvalue weighted by Crippen LogP contribution is -2.20. The molecule has 0 saturated carbocycles. The summed E-state index contributed by atoms with van der Waals surface area (Å²) in [6.07, 6.45) is 3.46. The molecule has 7 aromatic carbocycles. The van der Waals surface area contributed by atoms with E-state index in [-0.39, 0.29) is 11.3 Å². The molecule has 0 radical (unpaired) electrons. The van der Waals surface area contributed by atoms with E-state index in [0.717, 1.165) is 17.8 Å². The fourth-order valence-corrected chi connectivity index (χ4v) is 9.00. The van der Waals surface area contributed by atoms with Gasteiger partial charge in [0, 0.05) is 33.8 Å². The smallest absolute Gasteiger partial charge is 0.0540 e. The monoisotopic (exact) mass is 680 g/mol. The molecule has 1 heterocycles. The second-order valence-electron chi connectivity index (χ2n) is 15.0. The largest absolute Gasteiger partial charge is 0.358 e. The molecule has 0 fully saturated rings. The van der Waals surface area contributed by atoms with Crippen LogP contribution < -0.4 is 10.2 Å². The Hall–Kier alpha value is -6.38. The van der Waals surface area contributed by atoms with E-state index >= 15 is 0 Å². The van der Waals surface area contributed by atoms with Crippen LogP contribution in [-0.2, 0) is 5.41 Å². The van der Waals surface area contributed by atoms with E-state index in [1.807, 2.05) is 0 Å². The topological polar surface area (TPSA) is 15.3 Å². The predicted molar refractivity (Wildman–Crippen MR) is 223 cm³/mol. The molecule has 2 nitrogen and oxygen atoms in total. The van der Waals surface area contributed by atoms with Gasteiger partial charge in [0.15, 0.2) is 0 Å². The van der Waals surface area contributed by atoms with Gasteiger partial charge in [-0.1, -0.05) is 153 Å². The van der Waals surface area contributed by atoms with Crippen LogP contribution >= 0.6 is 0 Å². The quantitative estimate of drug-likeness (QED) is 0.188. The Labute approximate surface area is 312 Å². The highest BCUT2D eigenvalue weighted by molar-refractivity contribution is 6.00. The highest BCUT2D eigenvalue weighted by Crippen LogP contribution is 2.56. The van der Waals surface area contributed by atoms with Gasteiger partial charge >= 0.3 is 0 Å². The molecule has 0 saturated heterocycles. The maximum Gasteiger partial charge on any atom is 0.0540 e. The van der Waals surface area contributed by atoms with E-state index in [4.69, 9.17) is 0 Å². The summed E-state index contributed by atoms with van der Waals surface area (Å²) >= 11 is 0. The molecule has 3 aliphatic rings. The van der Waals surface area contributed by atoms with E-state index < -0.39 is 0 Å². The standard InChI is InChI=1S/C51H40N2/c1-51(2)45-31-38(34-25-28-40(29-26-34)53(39-21-10-5-11-22-39)48-24-14-20-35-15-12-13-23-41(35)48)27-30-42(45)43-32-44-47(33-46(43)51)52-50(37-18-8-4-9-19-37)49(44)36-16-6-3-7-17-36/h3-31,33,44,52H,32H2,1-2H3. The second-order valence-corrected chi connectivity index (χ2v) is 15.0. The molecule has 1 N–H and O–H groups in total. The molecular formula is C51H40N2. The predicted octanol–water partition coefficient (Wildman–Crippen LogP) is 13.1. The molecule has 2 heteroatoms. The van der Waals surface area contributed by atoms with Crippen LogP contribution in [0.4, 0.5) is 17.1 Å². The summed E-state index contributed by atoms with van der Waals surface area (Å²) < 4.78 is 0. The number of para-hydroxylation sites is 1. The first-order valence-electron chi connectivity index (χ1n) is 18.7. The number of nitrogens with one attached hydrogen (secondary N) is 1. The highest BCUT2D eigenvalue weighted by Gasteiger charge is 2.43. The van der Waals surface area contributed by atoms with Gasteiger partial charge in [-0.05, 0) is 104 Å². The van der Waals surface area contributed by atoms with Crippen molar-refractivity contribution in [2.24, 2.45) is 5.92 Å². The number of hydrogen-bond donors (Lipinski definition) is 1. The number of rotatable bonds is 6. The number of anilines is 3. The molecular weight excluding hydrogens is 641 g/mol. The number of fused-ring (bicyclic) bond motifs is 4.